The first-order valence-electron chi connectivity index (χ1n) is 9.24. The standard InChI is InChI=1S/C22H22N4O/c1-14-11-18(14)22(27)25-12-16-6-8-17(9-7-16)21-19(13-24-15(2)26-21)20-5-3-4-10-23-20/h3-10,13-14,18H,11-12H2,1-2H3,(H,25,27)/t14-,18-/m0/s1. The van der Waals surface area contributed by atoms with E-state index >= 15 is 0 Å². The van der Waals surface area contributed by atoms with Gasteiger partial charge in [-0.2, -0.15) is 0 Å². The molecule has 1 fully saturated rings. The molecule has 0 unspecified atom stereocenters. The summed E-state index contributed by atoms with van der Waals surface area (Å²) in [4.78, 5) is 25.4. The van der Waals surface area contributed by atoms with Gasteiger partial charge < -0.3 is 5.32 Å². The quantitative estimate of drug-likeness (QED) is 0.753. The lowest BCUT2D eigenvalue weighted by Crippen LogP contribution is -2.24. The lowest BCUT2D eigenvalue weighted by atomic mass is 10.0. The number of pyridine rings is 1. The second kappa shape index (κ2) is 7.27. The van der Waals surface area contributed by atoms with E-state index in [4.69, 9.17) is 0 Å². The second-order valence-corrected chi connectivity index (χ2v) is 7.13. The molecule has 0 spiro atoms. The number of aryl methyl sites for hydroxylation is 1. The highest BCUT2D eigenvalue weighted by atomic mass is 16.2. The minimum Gasteiger partial charge on any atom is -0.352 e. The Morgan fingerprint density at radius 1 is 1.15 bits per heavy atom. The molecule has 0 aliphatic heterocycles. The zero-order valence-electron chi connectivity index (χ0n) is 15.5. The molecule has 0 bridgehead atoms. The molecule has 4 rings (SSSR count). The molecular weight excluding hydrogens is 336 g/mol. The SMILES string of the molecule is Cc1ncc(-c2ccccn2)c(-c2ccc(CNC(=O)[C@H]3C[C@@H]3C)cc2)n1. The monoisotopic (exact) mass is 358 g/mol. The van der Waals surface area contributed by atoms with E-state index < -0.39 is 0 Å². The van der Waals surface area contributed by atoms with E-state index in [-0.39, 0.29) is 11.8 Å². The molecule has 2 aromatic heterocycles. The van der Waals surface area contributed by atoms with E-state index in [1.165, 1.54) is 0 Å². The molecule has 5 nitrogen and oxygen atoms in total. The van der Waals surface area contributed by atoms with Gasteiger partial charge in [0.15, 0.2) is 0 Å². The highest BCUT2D eigenvalue weighted by Gasteiger charge is 2.38. The number of hydrogen-bond acceptors (Lipinski definition) is 4. The molecule has 2 heterocycles. The van der Waals surface area contributed by atoms with E-state index in [1.807, 2.05) is 55.6 Å². The van der Waals surface area contributed by atoms with E-state index in [2.05, 4.69) is 27.2 Å². The third kappa shape index (κ3) is 3.87. The number of aromatic nitrogens is 3. The van der Waals surface area contributed by atoms with Gasteiger partial charge in [0.05, 0.1) is 11.4 Å². The predicted octanol–water partition coefficient (Wildman–Crippen LogP) is 3.79. The van der Waals surface area contributed by atoms with Crippen LogP contribution in [0.2, 0.25) is 0 Å². The summed E-state index contributed by atoms with van der Waals surface area (Å²) in [6, 6.07) is 13.9. The maximum atomic E-state index is 12.0. The summed E-state index contributed by atoms with van der Waals surface area (Å²) in [6.45, 7) is 4.55. The van der Waals surface area contributed by atoms with Gasteiger partial charge in [-0.05, 0) is 37.0 Å². The zero-order valence-corrected chi connectivity index (χ0v) is 15.5. The van der Waals surface area contributed by atoms with E-state index in [1.54, 1.807) is 6.20 Å². The number of rotatable bonds is 5. The number of hydrogen-bond donors (Lipinski definition) is 1. The number of benzene rings is 1. The largest absolute Gasteiger partial charge is 0.352 e. The van der Waals surface area contributed by atoms with Crippen molar-refractivity contribution in [2.24, 2.45) is 11.8 Å². The van der Waals surface area contributed by atoms with Crippen molar-refractivity contribution in [2.75, 3.05) is 0 Å². The van der Waals surface area contributed by atoms with Crippen LogP contribution in [0.4, 0.5) is 0 Å². The van der Waals surface area contributed by atoms with Crippen molar-refractivity contribution < 1.29 is 4.79 Å². The van der Waals surface area contributed by atoms with Crippen molar-refractivity contribution in [3.05, 3.63) is 66.2 Å². The molecule has 0 radical (unpaired) electrons. The maximum absolute atomic E-state index is 12.0. The predicted molar refractivity (Wildman–Crippen MR) is 105 cm³/mol. The number of amides is 1. The van der Waals surface area contributed by atoms with Gasteiger partial charge in [-0.15, -0.1) is 0 Å². The van der Waals surface area contributed by atoms with Crippen molar-refractivity contribution >= 4 is 5.91 Å². The molecule has 5 heteroatoms. The first-order chi connectivity index (χ1) is 13.1. The molecule has 1 aliphatic rings. The van der Waals surface area contributed by atoms with Gasteiger partial charge in [-0.25, -0.2) is 9.97 Å². The third-order valence-electron chi connectivity index (χ3n) is 4.99. The fraction of sp³-hybridized carbons (Fsp3) is 0.273. The van der Waals surface area contributed by atoms with Gasteiger partial charge in [0.1, 0.15) is 5.82 Å². The van der Waals surface area contributed by atoms with Crippen LogP contribution in [0.1, 0.15) is 24.7 Å². The molecule has 1 amide bonds. The molecule has 0 saturated heterocycles. The second-order valence-electron chi connectivity index (χ2n) is 7.13. The Morgan fingerprint density at radius 2 is 1.93 bits per heavy atom. The molecule has 1 N–H and O–H groups in total. The average Bonchev–Trinajstić information content (AvgIpc) is 3.44. The van der Waals surface area contributed by atoms with Crippen LogP contribution in [0.25, 0.3) is 22.5 Å². The van der Waals surface area contributed by atoms with E-state index in [0.29, 0.717) is 12.5 Å². The van der Waals surface area contributed by atoms with Crippen LogP contribution in [0.5, 0.6) is 0 Å². The van der Waals surface area contributed by atoms with Crippen LogP contribution < -0.4 is 5.32 Å². The minimum atomic E-state index is 0.162. The summed E-state index contributed by atoms with van der Waals surface area (Å²) in [5, 5.41) is 3.02. The van der Waals surface area contributed by atoms with Crippen LogP contribution in [0, 0.1) is 18.8 Å². The molecule has 1 saturated carbocycles. The third-order valence-corrected chi connectivity index (χ3v) is 4.99. The molecule has 3 aromatic rings. The van der Waals surface area contributed by atoms with Crippen LogP contribution in [0.3, 0.4) is 0 Å². The molecular formula is C22H22N4O. The Kier molecular flexibility index (Phi) is 4.67. The van der Waals surface area contributed by atoms with E-state index in [0.717, 1.165) is 40.3 Å². The van der Waals surface area contributed by atoms with Crippen LogP contribution >= 0.6 is 0 Å². The summed E-state index contributed by atoms with van der Waals surface area (Å²) >= 11 is 0. The average molecular weight is 358 g/mol. The van der Waals surface area contributed by atoms with Crippen LogP contribution in [0.15, 0.2) is 54.9 Å². The summed E-state index contributed by atoms with van der Waals surface area (Å²) in [7, 11) is 0. The summed E-state index contributed by atoms with van der Waals surface area (Å²) in [5.41, 5.74) is 4.70. The van der Waals surface area contributed by atoms with Gasteiger partial charge in [-0.1, -0.05) is 37.3 Å². The first-order valence-corrected chi connectivity index (χ1v) is 9.24. The van der Waals surface area contributed by atoms with Crippen molar-refractivity contribution in [2.45, 2.75) is 26.8 Å². The van der Waals surface area contributed by atoms with Crippen molar-refractivity contribution in [3.63, 3.8) is 0 Å². The number of carbonyl (C=O) groups is 1. The Balaban J connectivity index is 1.55. The lowest BCUT2D eigenvalue weighted by Gasteiger charge is -2.10. The van der Waals surface area contributed by atoms with E-state index in [9.17, 15) is 4.79 Å². The Morgan fingerprint density at radius 3 is 2.59 bits per heavy atom. The smallest absolute Gasteiger partial charge is 0.223 e. The number of nitrogens with zero attached hydrogens (tertiary/aromatic N) is 3. The summed E-state index contributed by atoms with van der Waals surface area (Å²) < 4.78 is 0. The van der Waals surface area contributed by atoms with Crippen LogP contribution in [-0.2, 0) is 11.3 Å². The van der Waals surface area contributed by atoms with Gasteiger partial charge in [0, 0.05) is 36.0 Å². The fourth-order valence-electron chi connectivity index (χ4n) is 3.19. The Bertz CT molecular complexity index is 954. The normalized spacial score (nSPS) is 18.1. The number of carbonyl (C=O) groups excluding carboxylic acids is 1. The van der Waals surface area contributed by atoms with Crippen molar-refractivity contribution in [1.29, 1.82) is 0 Å². The van der Waals surface area contributed by atoms with Gasteiger partial charge in [0.25, 0.3) is 0 Å². The van der Waals surface area contributed by atoms with Gasteiger partial charge in [0.2, 0.25) is 5.91 Å². The Labute approximate surface area is 158 Å². The fourth-order valence-corrected chi connectivity index (χ4v) is 3.19. The molecule has 2 atom stereocenters. The van der Waals surface area contributed by atoms with Crippen LogP contribution in [-0.4, -0.2) is 20.9 Å². The molecule has 136 valence electrons. The van der Waals surface area contributed by atoms with Crippen molar-refractivity contribution in [3.8, 4) is 22.5 Å². The Hall–Kier alpha value is -3.08. The first kappa shape index (κ1) is 17.3. The minimum absolute atomic E-state index is 0.162. The molecule has 1 aromatic carbocycles. The zero-order chi connectivity index (χ0) is 18.8. The van der Waals surface area contributed by atoms with Gasteiger partial charge in [-0.3, -0.25) is 9.78 Å². The summed E-state index contributed by atoms with van der Waals surface area (Å²) in [5.74, 6) is 1.61. The highest BCUT2D eigenvalue weighted by Crippen LogP contribution is 2.37. The number of nitrogens with one attached hydrogen (secondary N) is 1. The molecule has 1 aliphatic carbocycles. The lowest BCUT2D eigenvalue weighted by molar-refractivity contribution is -0.122. The van der Waals surface area contributed by atoms with Crippen molar-refractivity contribution in [1.82, 2.24) is 20.3 Å². The molecule has 27 heavy (non-hydrogen) atoms. The highest BCUT2D eigenvalue weighted by molar-refractivity contribution is 5.81. The topological polar surface area (TPSA) is 67.8 Å². The summed E-state index contributed by atoms with van der Waals surface area (Å²) in [6.07, 6.45) is 4.60. The maximum Gasteiger partial charge on any atom is 0.223 e. The van der Waals surface area contributed by atoms with Gasteiger partial charge >= 0.3 is 0 Å².